The van der Waals surface area contributed by atoms with E-state index >= 15 is 0 Å². The van der Waals surface area contributed by atoms with Crippen LogP contribution in [0.25, 0.3) is 0 Å². The van der Waals surface area contributed by atoms with Crippen LogP contribution in [0.2, 0.25) is 0 Å². The van der Waals surface area contributed by atoms with Crippen LogP contribution in [0, 0.1) is 5.92 Å². The van der Waals surface area contributed by atoms with Crippen molar-refractivity contribution in [1.29, 1.82) is 0 Å². The highest BCUT2D eigenvalue weighted by molar-refractivity contribution is 5.23. The Kier molecular flexibility index (Phi) is 4.63. The Bertz CT molecular complexity index is 400. The summed E-state index contributed by atoms with van der Waals surface area (Å²) < 4.78 is 7.31. The highest BCUT2D eigenvalue weighted by Crippen LogP contribution is 2.24. The molecule has 2 rings (SSSR count). The van der Waals surface area contributed by atoms with Crippen LogP contribution in [0.3, 0.4) is 0 Å². The fourth-order valence-electron chi connectivity index (χ4n) is 2.66. The van der Waals surface area contributed by atoms with Crippen LogP contribution >= 0.6 is 0 Å². The molecule has 0 saturated carbocycles. The molecule has 1 aliphatic rings. The average Bonchev–Trinajstić information content (AvgIpc) is 2.72. The number of hydrogen-bond acceptors (Lipinski definition) is 3. The van der Waals surface area contributed by atoms with Gasteiger partial charge in [-0.15, -0.1) is 0 Å². The lowest BCUT2D eigenvalue weighted by Gasteiger charge is -2.22. The monoisotopic (exact) mass is 265 g/mol. The largest absolute Gasteiger partial charge is 0.381 e. The smallest absolute Gasteiger partial charge is 0.0722 e. The molecule has 0 amide bonds. The molecule has 108 valence electrons. The van der Waals surface area contributed by atoms with E-state index in [1.165, 1.54) is 24.1 Å². The summed E-state index contributed by atoms with van der Waals surface area (Å²) in [4.78, 5) is 0. The minimum atomic E-state index is 0.108. The summed E-state index contributed by atoms with van der Waals surface area (Å²) in [6, 6.07) is 0. The number of aryl methyl sites for hydroxylation is 1. The van der Waals surface area contributed by atoms with E-state index in [-0.39, 0.29) is 5.41 Å². The van der Waals surface area contributed by atoms with E-state index in [0.29, 0.717) is 0 Å². The first-order chi connectivity index (χ1) is 8.97. The Morgan fingerprint density at radius 2 is 2.05 bits per heavy atom. The molecule has 1 aromatic rings. The summed E-state index contributed by atoms with van der Waals surface area (Å²) in [6.45, 7) is 10.5. The Morgan fingerprint density at radius 1 is 1.37 bits per heavy atom. The zero-order valence-corrected chi connectivity index (χ0v) is 12.7. The quantitative estimate of drug-likeness (QED) is 0.907. The first-order valence-corrected chi connectivity index (χ1v) is 7.28. The third-order valence-electron chi connectivity index (χ3n) is 3.70. The molecular formula is C15H27N3O. The zero-order valence-electron chi connectivity index (χ0n) is 12.7. The van der Waals surface area contributed by atoms with E-state index in [2.05, 4.69) is 37.4 Å². The van der Waals surface area contributed by atoms with Crippen molar-refractivity contribution in [2.75, 3.05) is 19.8 Å². The summed E-state index contributed by atoms with van der Waals surface area (Å²) >= 11 is 0. The van der Waals surface area contributed by atoms with Crippen LogP contribution in [0.5, 0.6) is 0 Å². The molecule has 4 heteroatoms. The molecule has 1 aliphatic heterocycles. The minimum Gasteiger partial charge on any atom is -0.381 e. The van der Waals surface area contributed by atoms with E-state index < -0.39 is 0 Å². The summed E-state index contributed by atoms with van der Waals surface area (Å²) in [6.07, 6.45) is 4.51. The highest BCUT2D eigenvalue weighted by atomic mass is 16.5. The molecular weight excluding hydrogens is 238 g/mol. The maximum Gasteiger partial charge on any atom is 0.0722 e. The van der Waals surface area contributed by atoms with Gasteiger partial charge in [0.1, 0.15) is 0 Å². The third-order valence-corrected chi connectivity index (χ3v) is 3.70. The standard InChI is InChI=1S/C15H27N3O/c1-15(2,3)14-13(11-18(4)17-14)10-16-9-12-5-7-19-8-6-12/h11-12,16H,5-10H2,1-4H3. The minimum absolute atomic E-state index is 0.108. The molecule has 1 N–H and O–H groups in total. The molecule has 0 radical (unpaired) electrons. The second kappa shape index (κ2) is 6.06. The van der Waals surface area contributed by atoms with Crippen molar-refractivity contribution in [2.45, 2.75) is 45.6 Å². The molecule has 1 saturated heterocycles. The lowest BCUT2D eigenvalue weighted by molar-refractivity contribution is 0.0662. The van der Waals surface area contributed by atoms with Gasteiger partial charge in [0.05, 0.1) is 5.69 Å². The molecule has 1 fully saturated rings. The third kappa shape index (κ3) is 4.05. The van der Waals surface area contributed by atoms with Gasteiger partial charge in [-0.25, -0.2) is 0 Å². The molecule has 1 aromatic heterocycles. The van der Waals surface area contributed by atoms with Crippen LogP contribution in [0.15, 0.2) is 6.20 Å². The molecule has 19 heavy (non-hydrogen) atoms. The lowest BCUT2D eigenvalue weighted by atomic mass is 9.89. The normalized spacial score (nSPS) is 17.9. The Labute approximate surface area is 116 Å². The Balaban J connectivity index is 1.88. The number of aromatic nitrogens is 2. The fourth-order valence-corrected chi connectivity index (χ4v) is 2.66. The highest BCUT2D eigenvalue weighted by Gasteiger charge is 2.21. The van der Waals surface area contributed by atoms with Gasteiger partial charge >= 0.3 is 0 Å². The van der Waals surface area contributed by atoms with Gasteiger partial charge in [0.2, 0.25) is 0 Å². The molecule has 0 bridgehead atoms. The predicted octanol–water partition coefficient (Wildman–Crippen LogP) is 2.23. The second-order valence-corrected chi connectivity index (χ2v) is 6.61. The van der Waals surface area contributed by atoms with Gasteiger partial charge in [-0.2, -0.15) is 5.10 Å². The summed E-state index contributed by atoms with van der Waals surface area (Å²) in [5, 5.41) is 8.19. The van der Waals surface area contributed by atoms with E-state index in [0.717, 1.165) is 32.2 Å². The van der Waals surface area contributed by atoms with Crippen molar-refractivity contribution in [1.82, 2.24) is 15.1 Å². The average molecular weight is 265 g/mol. The van der Waals surface area contributed by atoms with E-state index in [4.69, 9.17) is 4.74 Å². The fraction of sp³-hybridized carbons (Fsp3) is 0.800. The van der Waals surface area contributed by atoms with Gasteiger partial charge in [-0.3, -0.25) is 4.68 Å². The second-order valence-electron chi connectivity index (χ2n) is 6.61. The summed E-state index contributed by atoms with van der Waals surface area (Å²) in [5.74, 6) is 0.767. The van der Waals surface area contributed by atoms with Crippen LogP contribution < -0.4 is 5.32 Å². The van der Waals surface area contributed by atoms with Crippen LogP contribution in [-0.2, 0) is 23.7 Å². The number of ether oxygens (including phenoxy) is 1. The number of hydrogen-bond donors (Lipinski definition) is 1. The molecule has 0 spiro atoms. The Hall–Kier alpha value is -0.870. The topological polar surface area (TPSA) is 39.1 Å². The van der Waals surface area contributed by atoms with Gasteiger partial charge in [0.25, 0.3) is 0 Å². The maximum absolute atomic E-state index is 5.39. The maximum atomic E-state index is 5.39. The number of nitrogens with zero attached hydrogens (tertiary/aromatic N) is 2. The van der Waals surface area contributed by atoms with Gasteiger partial charge in [-0.05, 0) is 25.3 Å². The summed E-state index contributed by atoms with van der Waals surface area (Å²) in [7, 11) is 2.00. The zero-order chi connectivity index (χ0) is 13.9. The molecule has 2 heterocycles. The molecule has 0 aliphatic carbocycles. The van der Waals surface area contributed by atoms with Crippen molar-refractivity contribution in [3.8, 4) is 0 Å². The van der Waals surface area contributed by atoms with Crippen LogP contribution in [-0.4, -0.2) is 29.5 Å². The van der Waals surface area contributed by atoms with Crippen LogP contribution in [0.4, 0.5) is 0 Å². The van der Waals surface area contributed by atoms with E-state index in [9.17, 15) is 0 Å². The van der Waals surface area contributed by atoms with Crippen molar-refractivity contribution in [3.63, 3.8) is 0 Å². The number of nitrogens with one attached hydrogen (secondary N) is 1. The lowest BCUT2D eigenvalue weighted by Crippen LogP contribution is -2.28. The molecule has 0 atom stereocenters. The molecule has 0 unspecified atom stereocenters. The first-order valence-electron chi connectivity index (χ1n) is 7.28. The van der Waals surface area contributed by atoms with Crippen molar-refractivity contribution < 1.29 is 4.74 Å². The number of rotatable bonds is 4. The molecule has 4 nitrogen and oxygen atoms in total. The van der Waals surface area contributed by atoms with Gasteiger partial charge < -0.3 is 10.1 Å². The van der Waals surface area contributed by atoms with Gasteiger partial charge in [0.15, 0.2) is 0 Å². The van der Waals surface area contributed by atoms with Crippen molar-refractivity contribution >= 4 is 0 Å². The van der Waals surface area contributed by atoms with E-state index in [1.54, 1.807) is 0 Å². The van der Waals surface area contributed by atoms with E-state index in [1.807, 2.05) is 11.7 Å². The SMILES string of the molecule is Cn1cc(CNCC2CCOCC2)c(C(C)(C)C)n1. The van der Waals surface area contributed by atoms with Crippen LogP contribution in [0.1, 0.15) is 44.9 Å². The van der Waals surface area contributed by atoms with Crippen molar-refractivity contribution in [2.24, 2.45) is 13.0 Å². The summed E-state index contributed by atoms with van der Waals surface area (Å²) in [5.41, 5.74) is 2.63. The van der Waals surface area contributed by atoms with Crippen molar-refractivity contribution in [3.05, 3.63) is 17.5 Å². The molecule has 0 aromatic carbocycles. The predicted molar refractivity (Wildman–Crippen MR) is 77.2 cm³/mol. The van der Waals surface area contributed by atoms with Gasteiger partial charge in [0, 0.05) is 44.0 Å². The van der Waals surface area contributed by atoms with Gasteiger partial charge in [-0.1, -0.05) is 20.8 Å². The Morgan fingerprint density at radius 3 is 2.68 bits per heavy atom. The first kappa shape index (κ1) is 14.5.